The normalized spacial score (nSPS) is 17.8. The molecule has 0 aromatic carbocycles. The average Bonchev–Trinajstić information content (AvgIpc) is 3.12. The number of hydrogen-bond acceptors (Lipinski definition) is 7. The van der Waals surface area contributed by atoms with E-state index < -0.39 is 0 Å². The molecule has 0 bridgehead atoms. The van der Waals surface area contributed by atoms with Crippen LogP contribution in [0.4, 0.5) is 0 Å². The van der Waals surface area contributed by atoms with Crippen LogP contribution in [0.25, 0.3) is 0 Å². The lowest BCUT2D eigenvalue weighted by Gasteiger charge is -2.10. The molecule has 0 aliphatic carbocycles. The van der Waals surface area contributed by atoms with Gasteiger partial charge in [0, 0.05) is 12.3 Å². The molecular weight excluding hydrogens is 288 g/mol. The van der Waals surface area contributed by atoms with Crippen LogP contribution in [-0.2, 0) is 11.3 Å². The van der Waals surface area contributed by atoms with Gasteiger partial charge in [-0.3, -0.25) is 0 Å². The minimum absolute atomic E-state index is 0.161. The topological polar surface area (TPSA) is 89.5 Å². The third kappa shape index (κ3) is 3.20. The fourth-order valence-electron chi connectivity index (χ4n) is 2.15. The van der Waals surface area contributed by atoms with Gasteiger partial charge in [0.2, 0.25) is 5.16 Å². The van der Waals surface area contributed by atoms with Gasteiger partial charge in [0.15, 0.2) is 0 Å². The summed E-state index contributed by atoms with van der Waals surface area (Å²) in [6.45, 7) is 3.32. The number of rotatable bonds is 4. The third-order valence-corrected chi connectivity index (χ3v) is 4.19. The molecule has 3 heterocycles. The van der Waals surface area contributed by atoms with E-state index in [2.05, 4.69) is 26.6 Å². The minimum Gasteiger partial charge on any atom is -0.376 e. The molecule has 2 aromatic heterocycles. The van der Waals surface area contributed by atoms with E-state index in [-0.39, 0.29) is 6.10 Å². The van der Waals surface area contributed by atoms with Gasteiger partial charge in [-0.2, -0.15) is 5.26 Å². The van der Waals surface area contributed by atoms with Gasteiger partial charge in [-0.15, -0.1) is 5.10 Å². The molecule has 108 valence electrons. The Kier molecular flexibility index (Phi) is 4.13. The zero-order valence-corrected chi connectivity index (χ0v) is 12.4. The lowest BCUT2D eigenvalue weighted by atomic mass is 10.2. The maximum Gasteiger partial charge on any atom is 0.215 e. The summed E-state index contributed by atoms with van der Waals surface area (Å²) in [6.07, 6.45) is 2.26. The summed E-state index contributed by atoms with van der Waals surface area (Å²) in [6, 6.07) is 5.72. The van der Waals surface area contributed by atoms with Crippen LogP contribution in [0.1, 0.15) is 24.1 Å². The van der Waals surface area contributed by atoms with Crippen LogP contribution in [0, 0.1) is 18.3 Å². The van der Waals surface area contributed by atoms with E-state index in [1.54, 1.807) is 10.7 Å². The highest BCUT2D eigenvalue weighted by Crippen LogP contribution is 2.27. The van der Waals surface area contributed by atoms with E-state index in [4.69, 9.17) is 10.00 Å². The zero-order valence-electron chi connectivity index (χ0n) is 11.6. The number of aromatic nitrogens is 5. The van der Waals surface area contributed by atoms with Crippen LogP contribution in [0.15, 0.2) is 22.3 Å². The predicted molar refractivity (Wildman–Crippen MR) is 74.6 cm³/mol. The first-order chi connectivity index (χ1) is 10.3. The molecule has 1 atom stereocenters. The minimum atomic E-state index is 0.161. The summed E-state index contributed by atoms with van der Waals surface area (Å²) < 4.78 is 7.32. The fraction of sp³-hybridized carbons (Fsp3) is 0.462. The highest BCUT2D eigenvalue weighted by atomic mass is 32.2. The standard InChI is InChI=1S/C13H14N6OS/c1-9-4-5-10(7-14)12(15-9)21-13-16-17-18-19(13)8-11-3-2-6-20-11/h4-5,11H,2-3,6,8H2,1H3. The Balaban J connectivity index is 1.81. The predicted octanol–water partition coefficient (Wildman–Crippen LogP) is 1.58. The number of ether oxygens (including phenoxy) is 1. The zero-order chi connectivity index (χ0) is 14.7. The van der Waals surface area contributed by atoms with E-state index in [1.165, 1.54) is 11.8 Å². The number of tetrazole rings is 1. The van der Waals surface area contributed by atoms with E-state index in [0.29, 0.717) is 22.3 Å². The molecule has 8 heteroatoms. The summed E-state index contributed by atoms with van der Waals surface area (Å²) in [5.74, 6) is 0. The van der Waals surface area contributed by atoms with E-state index in [0.717, 1.165) is 25.1 Å². The summed E-state index contributed by atoms with van der Waals surface area (Å²) in [4.78, 5) is 4.39. The first kappa shape index (κ1) is 14.0. The van der Waals surface area contributed by atoms with Crippen LogP contribution in [-0.4, -0.2) is 37.9 Å². The number of nitriles is 1. The molecule has 0 radical (unpaired) electrons. The van der Waals surface area contributed by atoms with Gasteiger partial charge in [0.1, 0.15) is 11.1 Å². The lowest BCUT2D eigenvalue weighted by Crippen LogP contribution is -2.16. The van der Waals surface area contributed by atoms with E-state index in [9.17, 15) is 0 Å². The monoisotopic (exact) mass is 302 g/mol. The van der Waals surface area contributed by atoms with Gasteiger partial charge >= 0.3 is 0 Å². The Hall–Kier alpha value is -1.98. The van der Waals surface area contributed by atoms with Gasteiger partial charge in [-0.1, -0.05) is 0 Å². The third-order valence-electron chi connectivity index (χ3n) is 3.21. The Labute approximate surface area is 126 Å². The molecule has 7 nitrogen and oxygen atoms in total. The van der Waals surface area contributed by atoms with Crippen molar-refractivity contribution in [3.63, 3.8) is 0 Å². The van der Waals surface area contributed by atoms with Crippen molar-refractivity contribution >= 4 is 11.8 Å². The molecule has 3 rings (SSSR count). The average molecular weight is 302 g/mol. The molecule has 2 aromatic rings. The quantitative estimate of drug-likeness (QED) is 0.847. The largest absolute Gasteiger partial charge is 0.376 e. The molecule has 1 saturated heterocycles. The molecular formula is C13H14N6OS. The van der Waals surface area contributed by atoms with Crippen LogP contribution < -0.4 is 0 Å². The maximum absolute atomic E-state index is 9.16. The second-order valence-electron chi connectivity index (χ2n) is 4.80. The molecule has 1 aliphatic heterocycles. The Morgan fingerprint density at radius 3 is 3.19 bits per heavy atom. The molecule has 0 amide bonds. The highest BCUT2D eigenvalue weighted by molar-refractivity contribution is 7.99. The van der Waals surface area contributed by atoms with Crippen molar-refractivity contribution in [2.24, 2.45) is 0 Å². The summed E-state index contributed by atoms with van der Waals surface area (Å²) >= 11 is 1.31. The molecule has 0 N–H and O–H groups in total. The first-order valence-electron chi connectivity index (χ1n) is 6.69. The Bertz CT molecular complexity index is 674. The van der Waals surface area contributed by atoms with E-state index >= 15 is 0 Å². The van der Waals surface area contributed by atoms with Gasteiger partial charge in [0.25, 0.3) is 0 Å². The van der Waals surface area contributed by atoms with Gasteiger partial charge < -0.3 is 4.74 Å². The van der Waals surface area contributed by atoms with Gasteiger partial charge in [-0.25, -0.2) is 9.67 Å². The molecule has 21 heavy (non-hydrogen) atoms. The van der Waals surface area contributed by atoms with Crippen LogP contribution >= 0.6 is 11.8 Å². The summed E-state index contributed by atoms with van der Waals surface area (Å²) in [7, 11) is 0. The van der Waals surface area contributed by atoms with Gasteiger partial charge in [0.05, 0.1) is 18.2 Å². The number of hydrogen-bond donors (Lipinski definition) is 0. The molecule has 0 spiro atoms. The molecule has 1 unspecified atom stereocenters. The number of nitrogens with zero attached hydrogens (tertiary/aromatic N) is 6. The van der Waals surface area contributed by atoms with Crippen molar-refractivity contribution in [3.8, 4) is 6.07 Å². The molecule has 1 aliphatic rings. The van der Waals surface area contributed by atoms with Crippen molar-refractivity contribution in [2.45, 2.75) is 42.6 Å². The van der Waals surface area contributed by atoms with Crippen molar-refractivity contribution < 1.29 is 4.74 Å². The molecule has 0 saturated carbocycles. The SMILES string of the molecule is Cc1ccc(C#N)c(Sc2nnnn2CC2CCCO2)n1. The Morgan fingerprint density at radius 2 is 2.43 bits per heavy atom. The lowest BCUT2D eigenvalue weighted by molar-refractivity contribution is 0.0912. The van der Waals surface area contributed by atoms with Gasteiger partial charge in [-0.05, 0) is 54.1 Å². The first-order valence-corrected chi connectivity index (χ1v) is 7.51. The Morgan fingerprint density at radius 1 is 1.52 bits per heavy atom. The second-order valence-corrected chi connectivity index (χ2v) is 5.75. The fourth-order valence-corrected chi connectivity index (χ4v) is 3.03. The van der Waals surface area contributed by atoms with Crippen LogP contribution in [0.3, 0.4) is 0 Å². The van der Waals surface area contributed by atoms with E-state index in [1.807, 2.05) is 13.0 Å². The smallest absolute Gasteiger partial charge is 0.215 e. The van der Waals surface area contributed by atoms with Crippen molar-refractivity contribution in [3.05, 3.63) is 23.4 Å². The second kappa shape index (κ2) is 6.20. The maximum atomic E-state index is 9.16. The highest BCUT2D eigenvalue weighted by Gasteiger charge is 2.20. The van der Waals surface area contributed by atoms with Crippen LogP contribution in [0.5, 0.6) is 0 Å². The van der Waals surface area contributed by atoms with Crippen molar-refractivity contribution in [1.82, 2.24) is 25.2 Å². The summed E-state index contributed by atoms with van der Waals surface area (Å²) in [5.41, 5.74) is 1.38. The number of aryl methyl sites for hydroxylation is 1. The number of pyridine rings is 1. The van der Waals surface area contributed by atoms with Crippen molar-refractivity contribution in [2.75, 3.05) is 6.61 Å². The summed E-state index contributed by atoms with van der Waals surface area (Å²) in [5, 5.41) is 22.1. The van der Waals surface area contributed by atoms with Crippen molar-refractivity contribution in [1.29, 1.82) is 5.26 Å². The molecule has 1 fully saturated rings. The van der Waals surface area contributed by atoms with Crippen LogP contribution in [0.2, 0.25) is 0 Å².